The van der Waals surface area contributed by atoms with Crippen molar-refractivity contribution in [2.75, 3.05) is 6.61 Å². The number of benzene rings is 1. The topological polar surface area (TPSA) is 88.0 Å². The molecule has 0 saturated heterocycles. The van der Waals surface area contributed by atoms with Gasteiger partial charge in [-0.3, -0.25) is 4.79 Å². The minimum atomic E-state index is -0.589. The number of rotatable bonds is 4. The van der Waals surface area contributed by atoms with Gasteiger partial charge in [-0.2, -0.15) is 5.10 Å². The van der Waals surface area contributed by atoms with Crippen LogP contribution in [0.2, 0.25) is 0 Å². The molecule has 0 aliphatic carbocycles. The van der Waals surface area contributed by atoms with E-state index in [0.717, 1.165) is 0 Å². The Kier molecular flexibility index (Phi) is 4.86. The largest absolute Gasteiger partial charge is 0.508 e. The first-order valence-corrected chi connectivity index (χ1v) is 5.35. The predicted octanol–water partition coefficient (Wildman–Crippen LogP) is 1.06. The lowest BCUT2D eigenvalue weighted by atomic mass is 10.2. The van der Waals surface area contributed by atoms with E-state index in [1.807, 2.05) is 0 Å². The first-order valence-electron chi connectivity index (χ1n) is 5.35. The summed E-state index contributed by atoms with van der Waals surface area (Å²) in [4.78, 5) is 22.8. The molecule has 0 atom stereocenters. The van der Waals surface area contributed by atoms with Gasteiger partial charge < -0.3 is 9.84 Å². The molecule has 0 saturated carbocycles. The monoisotopic (exact) mass is 250 g/mol. The maximum atomic E-state index is 11.6. The van der Waals surface area contributed by atoms with Gasteiger partial charge in [-0.25, -0.2) is 10.2 Å². The molecule has 1 amide bonds. The molecule has 96 valence electrons. The standard InChI is InChI=1S/C12H14N2O4/c1-3-18-12(17)8(2)13-14-11(16)9-5-4-6-10(15)7-9/h4-7,15H,3H2,1-2H3,(H,14,16). The van der Waals surface area contributed by atoms with Crippen molar-refractivity contribution in [1.82, 2.24) is 5.43 Å². The summed E-state index contributed by atoms with van der Waals surface area (Å²) >= 11 is 0. The Bertz CT molecular complexity index is 483. The zero-order valence-corrected chi connectivity index (χ0v) is 10.1. The smallest absolute Gasteiger partial charge is 0.354 e. The summed E-state index contributed by atoms with van der Waals surface area (Å²) in [5.41, 5.74) is 2.49. The van der Waals surface area contributed by atoms with Gasteiger partial charge in [0.1, 0.15) is 11.5 Å². The van der Waals surface area contributed by atoms with Crippen LogP contribution in [0.25, 0.3) is 0 Å². The highest BCUT2D eigenvalue weighted by molar-refractivity contribution is 6.35. The third-order valence-corrected chi connectivity index (χ3v) is 2.00. The van der Waals surface area contributed by atoms with E-state index in [0.29, 0.717) is 0 Å². The number of phenolic OH excluding ortho intramolecular Hbond substituents is 1. The average Bonchev–Trinajstić information content (AvgIpc) is 2.35. The first kappa shape index (κ1) is 13.7. The van der Waals surface area contributed by atoms with Gasteiger partial charge in [0.2, 0.25) is 0 Å². The van der Waals surface area contributed by atoms with E-state index in [2.05, 4.69) is 10.5 Å². The lowest BCUT2D eigenvalue weighted by molar-refractivity contribution is -0.135. The molecule has 0 unspecified atom stereocenters. The molecule has 1 aromatic rings. The number of nitrogens with one attached hydrogen (secondary N) is 1. The highest BCUT2D eigenvalue weighted by atomic mass is 16.5. The molecule has 18 heavy (non-hydrogen) atoms. The fourth-order valence-electron chi connectivity index (χ4n) is 1.13. The molecule has 1 rings (SSSR count). The molecule has 6 heteroatoms. The minimum Gasteiger partial charge on any atom is -0.508 e. The minimum absolute atomic E-state index is 0.0197. The number of carbonyl (C=O) groups excluding carboxylic acids is 2. The van der Waals surface area contributed by atoms with Gasteiger partial charge in [-0.15, -0.1) is 0 Å². The van der Waals surface area contributed by atoms with Crippen molar-refractivity contribution in [3.05, 3.63) is 29.8 Å². The molecule has 0 heterocycles. The van der Waals surface area contributed by atoms with Crippen LogP contribution in [0.1, 0.15) is 24.2 Å². The number of carbonyl (C=O) groups is 2. The number of amides is 1. The number of nitrogens with zero attached hydrogens (tertiary/aromatic N) is 1. The fourth-order valence-corrected chi connectivity index (χ4v) is 1.13. The molecule has 0 aliphatic rings. The Labute approximate surface area is 104 Å². The second-order valence-electron chi connectivity index (χ2n) is 3.41. The molecule has 0 aliphatic heterocycles. The zero-order chi connectivity index (χ0) is 13.5. The average molecular weight is 250 g/mol. The molecule has 0 fully saturated rings. The van der Waals surface area contributed by atoms with Crippen LogP contribution in [0.5, 0.6) is 5.75 Å². The van der Waals surface area contributed by atoms with Crippen molar-refractivity contribution in [2.24, 2.45) is 5.10 Å². The third kappa shape index (κ3) is 3.89. The second kappa shape index (κ2) is 6.39. The number of esters is 1. The number of ether oxygens (including phenoxy) is 1. The van der Waals surface area contributed by atoms with Crippen molar-refractivity contribution in [2.45, 2.75) is 13.8 Å². The van der Waals surface area contributed by atoms with E-state index in [9.17, 15) is 14.7 Å². The summed E-state index contributed by atoms with van der Waals surface area (Å²) in [6.45, 7) is 3.35. The van der Waals surface area contributed by atoms with E-state index in [1.54, 1.807) is 6.92 Å². The number of hydrogen-bond acceptors (Lipinski definition) is 5. The lowest BCUT2D eigenvalue weighted by Crippen LogP contribution is -2.23. The normalized spacial score (nSPS) is 10.9. The summed E-state index contributed by atoms with van der Waals surface area (Å²) in [5.74, 6) is -1.13. The predicted molar refractivity (Wildman–Crippen MR) is 65.3 cm³/mol. The number of phenols is 1. The molecule has 0 radical (unpaired) electrons. The number of hydrazone groups is 1. The van der Waals surface area contributed by atoms with E-state index < -0.39 is 11.9 Å². The van der Waals surface area contributed by atoms with Crippen LogP contribution in [0.15, 0.2) is 29.4 Å². The highest BCUT2D eigenvalue weighted by Gasteiger charge is 2.09. The highest BCUT2D eigenvalue weighted by Crippen LogP contribution is 2.10. The van der Waals surface area contributed by atoms with E-state index in [4.69, 9.17) is 4.74 Å². The fraction of sp³-hybridized carbons (Fsp3) is 0.250. The number of hydrogen-bond donors (Lipinski definition) is 2. The van der Waals surface area contributed by atoms with Crippen molar-refractivity contribution < 1.29 is 19.4 Å². The Morgan fingerprint density at radius 3 is 2.78 bits per heavy atom. The Hall–Kier alpha value is -2.37. The van der Waals surface area contributed by atoms with Crippen LogP contribution >= 0.6 is 0 Å². The molecule has 1 aromatic carbocycles. The molecule has 0 bridgehead atoms. The van der Waals surface area contributed by atoms with Crippen LogP contribution in [0.3, 0.4) is 0 Å². The Morgan fingerprint density at radius 1 is 1.44 bits per heavy atom. The van der Waals surface area contributed by atoms with Crippen LogP contribution in [0.4, 0.5) is 0 Å². The summed E-state index contributed by atoms with van der Waals surface area (Å²) in [7, 11) is 0. The van der Waals surface area contributed by atoms with Gasteiger partial charge in [0, 0.05) is 5.56 Å². The van der Waals surface area contributed by atoms with Crippen molar-refractivity contribution >= 4 is 17.6 Å². The van der Waals surface area contributed by atoms with Crippen molar-refractivity contribution in [3.63, 3.8) is 0 Å². The van der Waals surface area contributed by atoms with Gasteiger partial charge in [-0.1, -0.05) is 6.07 Å². The Morgan fingerprint density at radius 2 is 2.17 bits per heavy atom. The first-order chi connectivity index (χ1) is 8.54. The molecule has 2 N–H and O–H groups in total. The van der Waals surface area contributed by atoms with Gasteiger partial charge >= 0.3 is 5.97 Å². The van der Waals surface area contributed by atoms with Crippen molar-refractivity contribution in [1.29, 1.82) is 0 Å². The van der Waals surface area contributed by atoms with Crippen LogP contribution in [-0.2, 0) is 9.53 Å². The molecule has 0 aromatic heterocycles. The maximum absolute atomic E-state index is 11.6. The molecule has 6 nitrogen and oxygen atoms in total. The molecular weight excluding hydrogens is 236 g/mol. The number of aromatic hydroxyl groups is 1. The lowest BCUT2D eigenvalue weighted by Gasteiger charge is -2.03. The Balaban J connectivity index is 2.66. The quantitative estimate of drug-likeness (QED) is 0.475. The SMILES string of the molecule is CCOC(=O)C(C)=NNC(=O)c1cccc(O)c1. The van der Waals surface area contributed by atoms with E-state index in [-0.39, 0.29) is 23.6 Å². The summed E-state index contributed by atoms with van der Waals surface area (Å²) in [6, 6.07) is 5.80. The maximum Gasteiger partial charge on any atom is 0.354 e. The van der Waals surface area contributed by atoms with Gasteiger partial charge in [0.25, 0.3) is 5.91 Å². The van der Waals surface area contributed by atoms with Crippen LogP contribution in [0, 0.1) is 0 Å². The van der Waals surface area contributed by atoms with Gasteiger partial charge in [-0.05, 0) is 32.0 Å². The summed E-state index contributed by atoms with van der Waals surface area (Å²) in [5, 5.41) is 12.8. The second-order valence-corrected chi connectivity index (χ2v) is 3.41. The van der Waals surface area contributed by atoms with Crippen LogP contribution < -0.4 is 5.43 Å². The zero-order valence-electron chi connectivity index (χ0n) is 10.1. The summed E-state index contributed by atoms with van der Waals surface area (Å²) < 4.78 is 4.70. The van der Waals surface area contributed by atoms with E-state index in [1.165, 1.54) is 31.2 Å². The van der Waals surface area contributed by atoms with Gasteiger partial charge in [0.15, 0.2) is 0 Å². The summed E-state index contributed by atoms with van der Waals surface area (Å²) in [6.07, 6.45) is 0. The molecular formula is C12H14N2O4. The third-order valence-electron chi connectivity index (χ3n) is 2.00. The van der Waals surface area contributed by atoms with Crippen LogP contribution in [-0.4, -0.2) is 29.3 Å². The van der Waals surface area contributed by atoms with Gasteiger partial charge in [0.05, 0.1) is 6.61 Å². The molecule has 0 spiro atoms. The van der Waals surface area contributed by atoms with E-state index >= 15 is 0 Å². The van der Waals surface area contributed by atoms with Crippen molar-refractivity contribution in [3.8, 4) is 5.75 Å².